The van der Waals surface area contributed by atoms with Crippen molar-refractivity contribution in [3.05, 3.63) is 224 Å². The third-order valence-corrected chi connectivity index (χ3v) is 11.4. The van der Waals surface area contributed by atoms with Crippen molar-refractivity contribution < 1.29 is 4.42 Å². The second-order valence-corrected chi connectivity index (χ2v) is 15.1. The summed E-state index contributed by atoms with van der Waals surface area (Å²) < 4.78 is 6.81. The Labute approximate surface area is 354 Å². The average Bonchev–Trinajstić information content (AvgIpc) is 3.74. The smallest absolute Gasteiger partial charge is 0.164 e. The molecule has 11 aromatic rings. The normalized spacial score (nSPS) is 11.3. The highest BCUT2D eigenvalue weighted by Gasteiger charge is 2.21. The molecule has 0 aliphatic heterocycles. The predicted octanol–water partition coefficient (Wildman–Crippen LogP) is 15.1. The number of hydrogen-bond acceptors (Lipinski definition) is 4. The topological polar surface area (TPSA) is 51.8 Å². The van der Waals surface area contributed by atoms with Crippen LogP contribution in [0.1, 0.15) is 0 Å². The first kappa shape index (κ1) is 35.9. The van der Waals surface area contributed by atoms with E-state index < -0.39 is 0 Å². The quantitative estimate of drug-likeness (QED) is 0.154. The standard InChI is InChI=1S/C57H37N3O/c1-4-15-38(16-5-1)40-29-31-42(32-30-40)45-21-12-22-46(37-45)56-58-55(44-35-33-41(34-36-44)39-17-6-2-7-18-39)59-57(60-56)51-27-14-28-52-53(51)50-26-13-25-49(54(50)61-52)48-24-11-10-23-47(48)43-19-8-3-9-20-43/h1-37H. The minimum absolute atomic E-state index is 0.577. The van der Waals surface area contributed by atoms with Gasteiger partial charge in [0.1, 0.15) is 11.2 Å². The van der Waals surface area contributed by atoms with Crippen LogP contribution in [0.2, 0.25) is 0 Å². The van der Waals surface area contributed by atoms with Gasteiger partial charge >= 0.3 is 0 Å². The minimum atomic E-state index is 0.577. The molecule has 0 amide bonds. The van der Waals surface area contributed by atoms with Gasteiger partial charge in [-0.3, -0.25) is 0 Å². The maximum absolute atomic E-state index is 6.81. The lowest BCUT2D eigenvalue weighted by molar-refractivity contribution is 0.670. The van der Waals surface area contributed by atoms with E-state index in [-0.39, 0.29) is 0 Å². The van der Waals surface area contributed by atoms with Crippen molar-refractivity contribution in [3.8, 4) is 89.8 Å². The maximum atomic E-state index is 6.81. The monoisotopic (exact) mass is 779 g/mol. The van der Waals surface area contributed by atoms with Gasteiger partial charge in [0.25, 0.3) is 0 Å². The van der Waals surface area contributed by atoms with Crippen LogP contribution in [0.4, 0.5) is 0 Å². The molecule has 0 spiro atoms. The zero-order chi connectivity index (χ0) is 40.5. The molecule has 286 valence electrons. The van der Waals surface area contributed by atoms with Gasteiger partial charge in [-0.15, -0.1) is 0 Å². The molecule has 0 bridgehead atoms. The van der Waals surface area contributed by atoms with Gasteiger partial charge < -0.3 is 4.42 Å². The molecule has 9 aromatic carbocycles. The molecule has 61 heavy (non-hydrogen) atoms. The largest absolute Gasteiger partial charge is 0.455 e. The molecule has 4 nitrogen and oxygen atoms in total. The lowest BCUT2D eigenvalue weighted by Gasteiger charge is -2.11. The third-order valence-electron chi connectivity index (χ3n) is 11.4. The number of aromatic nitrogens is 3. The summed E-state index contributed by atoms with van der Waals surface area (Å²) in [6, 6.07) is 78.1. The summed E-state index contributed by atoms with van der Waals surface area (Å²) in [5.41, 5.74) is 15.6. The van der Waals surface area contributed by atoms with Gasteiger partial charge in [0.2, 0.25) is 0 Å². The number of para-hydroxylation sites is 1. The number of benzene rings is 9. The Morgan fingerprint density at radius 3 is 1.34 bits per heavy atom. The van der Waals surface area contributed by atoms with Crippen LogP contribution in [0.3, 0.4) is 0 Å². The van der Waals surface area contributed by atoms with E-state index >= 15 is 0 Å². The van der Waals surface area contributed by atoms with E-state index in [0.29, 0.717) is 17.5 Å². The van der Waals surface area contributed by atoms with Crippen LogP contribution in [0.15, 0.2) is 229 Å². The highest BCUT2D eigenvalue weighted by Crippen LogP contribution is 2.43. The number of furan rings is 1. The van der Waals surface area contributed by atoms with Crippen molar-refractivity contribution in [2.24, 2.45) is 0 Å². The number of nitrogens with zero attached hydrogens (tertiary/aromatic N) is 3. The maximum Gasteiger partial charge on any atom is 0.164 e. The molecule has 0 radical (unpaired) electrons. The van der Waals surface area contributed by atoms with Gasteiger partial charge in [0.05, 0.1) is 0 Å². The Morgan fingerprint density at radius 1 is 0.262 bits per heavy atom. The van der Waals surface area contributed by atoms with Gasteiger partial charge in [-0.25, -0.2) is 15.0 Å². The molecular formula is C57H37N3O. The highest BCUT2D eigenvalue weighted by atomic mass is 16.3. The first-order valence-electron chi connectivity index (χ1n) is 20.5. The van der Waals surface area contributed by atoms with Crippen LogP contribution in [0.25, 0.3) is 112 Å². The molecule has 11 rings (SSSR count). The minimum Gasteiger partial charge on any atom is -0.455 e. The molecule has 2 aromatic heterocycles. The van der Waals surface area contributed by atoms with Crippen molar-refractivity contribution in [1.29, 1.82) is 0 Å². The molecule has 0 atom stereocenters. The number of rotatable bonds is 8. The van der Waals surface area contributed by atoms with Crippen molar-refractivity contribution in [2.45, 2.75) is 0 Å². The lowest BCUT2D eigenvalue weighted by Crippen LogP contribution is -2.00. The number of hydrogen-bond donors (Lipinski definition) is 0. The van der Waals surface area contributed by atoms with E-state index in [0.717, 1.165) is 83.1 Å². The van der Waals surface area contributed by atoms with Crippen LogP contribution in [-0.2, 0) is 0 Å². The Morgan fingerprint density at radius 2 is 0.689 bits per heavy atom. The SMILES string of the molecule is c1ccc(-c2ccc(-c3cccc(-c4nc(-c5ccc(-c6ccccc6)cc5)nc(-c5cccc6oc7c(-c8ccccc8-c8ccccc8)cccc7c56)n4)c3)cc2)cc1. The van der Waals surface area contributed by atoms with Gasteiger partial charge in [-0.2, -0.15) is 0 Å². The van der Waals surface area contributed by atoms with Gasteiger partial charge in [-0.05, 0) is 62.2 Å². The zero-order valence-corrected chi connectivity index (χ0v) is 33.1. The van der Waals surface area contributed by atoms with E-state index in [9.17, 15) is 0 Å². The fourth-order valence-corrected chi connectivity index (χ4v) is 8.35. The van der Waals surface area contributed by atoms with Crippen LogP contribution in [0.5, 0.6) is 0 Å². The summed E-state index contributed by atoms with van der Waals surface area (Å²) in [5.74, 6) is 1.77. The predicted molar refractivity (Wildman–Crippen MR) is 251 cm³/mol. The van der Waals surface area contributed by atoms with Gasteiger partial charge in [0.15, 0.2) is 17.5 Å². The molecule has 2 heterocycles. The number of fused-ring (bicyclic) bond motifs is 3. The second-order valence-electron chi connectivity index (χ2n) is 15.1. The van der Waals surface area contributed by atoms with Crippen molar-refractivity contribution in [1.82, 2.24) is 15.0 Å². The Hall–Kier alpha value is -8.21. The third kappa shape index (κ3) is 6.86. The Balaban J connectivity index is 1.06. The van der Waals surface area contributed by atoms with Gasteiger partial charge in [-0.1, -0.05) is 212 Å². The molecule has 0 fully saturated rings. The summed E-state index contributed by atoms with van der Waals surface area (Å²) in [4.78, 5) is 15.7. The summed E-state index contributed by atoms with van der Waals surface area (Å²) in [6.07, 6.45) is 0. The summed E-state index contributed by atoms with van der Waals surface area (Å²) in [6.45, 7) is 0. The Kier molecular flexibility index (Phi) is 9.14. The fraction of sp³-hybridized carbons (Fsp3) is 0. The van der Waals surface area contributed by atoms with Crippen LogP contribution >= 0.6 is 0 Å². The molecule has 0 N–H and O–H groups in total. The molecule has 0 aliphatic rings. The molecule has 0 saturated carbocycles. The molecular weight excluding hydrogens is 743 g/mol. The van der Waals surface area contributed by atoms with E-state index in [1.165, 1.54) is 11.1 Å². The zero-order valence-electron chi connectivity index (χ0n) is 33.1. The molecule has 0 aliphatic carbocycles. The summed E-state index contributed by atoms with van der Waals surface area (Å²) in [5, 5.41) is 1.97. The second kappa shape index (κ2) is 15.5. The van der Waals surface area contributed by atoms with E-state index in [1.54, 1.807) is 0 Å². The molecule has 0 unspecified atom stereocenters. The summed E-state index contributed by atoms with van der Waals surface area (Å²) in [7, 11) is 0. The van der Waals surface area contributed by atoms with E-state index in [4.69, 9.17) is 19.4 Å². The first-order valence-corrected chi connectivity index (χ1v) is 20.5. The van der Waals surface area contributed by atoms with Crippen molar-refractivity contribution in [3.63, 3.8) is 0 Å². The van der Waals surface area contributed by atoms with Crippen molar-refractivity contribution in [2.75, 3.05) is 0 Å². The van der Waals surface area contributed by atoms with Gasteiger partial charge in [0, 0.05) is 33.0 Å². The molecule has 0 saturated heterocycles. The van der Waals surface area contributed by atoms with Crippen molar-refractivity contribution >= 4 is 21.9 Å². The van der Waals surface area contributed by atoms with E-state index in [1.807, 2.05) is 30.3 Å². The van der Waals surface area contributed by atoms with Crippen LogP contribution in [-0.4, -0.2) is 15.0 Å². The fourth-order valence-electron chi connectivity index (χ4n) is 8.35. The van der Waals surface area contributed by atoms with Crippen LogP contribution in [0, 0.1) is 0 Å². The molecule has 4 heteroatoms. The lowest BCUT2D eigenvalue weighted by atomic mass is 9.93. The Bertz CT molecular complexity index is 3320. The first-order chi connectivity index (χ1) is 30.2. The highest BCUT2D eigenvalue weighted by molar-refractivity contribution is 6.15. The van der Waals surface area contributed by atoms with Crippen LogP contribution < -0.4 is 0 Å². The average molecular weight is 780 g/mol. The summed E-state index contributed by atoms with van der Waals surface area (Å²) >= 11 is 0. The van der Waals surface area contributed by atoms with E-state index in [2.05, 4.69) is 194 Å².